The van der Waals surface area contributed by atoms with Crippen LogP contribution in [0.5, 0.6) is 23.0 Å². The molecule has 154 valence electrons. The van der Waals surface area contributed by atoms with Crippen LogP contribution < -0.4 is 24.3 Å². The fraction of sp³-hybridized carbons (Fsp3) is 0.333. The Bertz CT molecular complexity index is 925. The number of esters is 1. The molecule has 0 spiro atoms. The zero-order chi connectivity index (χ0) is 21.0. The molecule has 1 aliphatic rings. The number of amides is 1. The number of carbonyl (C=O) groups is 2. The van der Waals surface area contributed by atoms with E-state index in [9.17, 15) is 9.59 Å². The summed E-state index contributed by atoms with van der Waals surface area (Å²) >= 11 is 0. The van der Waals surface area contributed by atoms with E-state index in [0.717, 1.165) is 5.56 Å². The van der Waals surface area contributed by atoms with Gasteiger partial charge in [0.05, 0.1) is 34.9 Å². The number of methoxy groups -OCH3 is 4. The van der Waals surface area contributed by atoms with Crippen molar-refractivity contribution in [3.8, 4) is 23.0 Å². The van der Waals surface area contributed by atoms with E-state index < -0.39 is 12.1 Å². The van der Waals surface area contributed by atoms with Gasteiger partial charge in [0.2, 0.25) is 5.91 Å². The summed E-state index contributed by atoms with van der Waals surface area (Å²) in [5.41, 5.74) is 1.75. The predicted octanol–water partition coefficient (Wildman–Crippen LogP) is 2.64. The number of benzene rings is 2. The van der Waals surface area contributed by atoms with E-state index in [2.05, 4.69) is 5.32 Å². The molecule has 1 heterocycles. The van der Waals surface area contributed by atoms with Crippen molar-refractivity contribution in [1.82, 2.24) is 5.32 Å². The minimum atomic E-state index is -0.678. The summed E-state index contributed by atoms with van der Waals surface area (Å²) in [4.78, 5) is 24.7. The molecule has 2 aromatic carbocycles. The Labute approximate surface area is 168 Å². The second-order valence-corrected chi connectivity index (χ2v) is 6.33. The molecule has 0 saturated heterocycles. The van der Waals surface area contributed by atoms with Crippen molar-refractivity contribution in [2.75, 3.05) is 28.4 Å². The number of hydrogen-bond donors (Lipinski definition) is 1. The third-order valence-electron chi connectivity index (χ3n) is 4.69. The van der Waals surface area contributed by atoms with Gasteiger partial charge in [-0.3, -0.25) is 4.79 Å². The van der Waals surface area contributed by atoms with Gasteiger partial charge in [-0.05, 0) is 23.8 Å². The van der Waals surface area contributed by atoms with Crippen molar-refractivity contribution in [3.63, 3.8) is 0 Å². The van der Waals surface area contributed by atoms with Crippen LogP contribution in [-0.4, -0.2) is 40.3 Å². The Balaban J connectivity index is 1.68. The Morgan fingerprint density at radius 3 is 2.31 bits per heavy atom. The van der Waals surface area contributed by atoms with Crippen molar-refractivity contribution < 1.29 is 33.3 Å². The lowest BCUT2D eigenvalue weighted by Gasteiger charge is -2.13. The Hall–Kier alpha value is -3.42. The van der Waals surface area contributed by atoms with Crippen molar-refractivity contribution in [1.29, 1.82) is 0 Å². The molecular formula is C21H23NO7. The van der Waals surface area contributed by atoms with Crippen LogP contribution in [0.25, 0.3) is 0 Å². The first-order valence-electron chi connectivity index (χ1n) is 8.95. The highest BCUT2D eigenvalue weighted by atomic mass is 16.6. The van der Waals surface area contributed by atoms with E-state index in [1.54, 1.807) is 38.5 Å². The highest BCUT2D eigenvalue weighted by Gasteiger charge is 2.36. The molecule has 0 radical (unpaired) electrons. The molecule has 0 bridgehead atoms. The second kappa shape index (κ2) is 8.72. The summed E-state index contributed by atoms with van der Waals surface area (Å²) in [7, 11) is 6.05. The SMILES string of the molecule is COc1ccc(CNC(=O)C[C@H]2OC(=O)c3c2ccc(OC)c3OC)cc1OC. The number of ether oxygens (including phenoxy) is 5. The summed E-state index contributed by atoms with van der Waals surface area (Å²) in [5.74, 6) is 1.15. The molecule has 8 nitrogen and oxygen atoms in total. The molecule has 0 fully saturated rings. The number of fused-ring (bicyclic) bond motifs is 1. The summed E-state index contributed by atoms with van der Waals surface area (Å²) in [6.45, 7) is 0.304. The van der Waals surface area contributed by atoms with Crippen LogP contribution >= 0.6 is 0 Å². The van der Waals surface area contributed by atoms with Gasteiger partial charge in [0.25, 0.3) is 0 Å². The number of carbonyl (C=O) groups excluding carboxylic acids is 2. The van der Waals surface area contributed by atoms with Crippen LogP contribution in [-0.2, 0) is 16.1 Å². The number of cyclic esters (lactones) is 1. The van der Waals surface area contributed by atoms with Gasteiger partial charge in [0.15, 0.2) is 23.0 Å². The summed E-state index contributed by atoms with van der Waals surface area (Å²) in [5, 5.41) is 2.83. The van der Waals surface area contributed by atoms with Gasteiger partial charge in [-0.2, -0.15) is 0 Å². The number of rotatable bonds is 8. The summed E-state index contributed by atoms with van der Waals surface area (Å²) < 4.78 is 26.4. The van der Waals surface area contributed by atoms with Crippen LogP contribution in [0.4, 0.5) is 0 Å². The van der Waals surface area contributed by atoms with E-state index in [4.69, 9.17) is 23.7 Å². The smallest absolute Gasteiger partial charge is 0.343 e. The van der Waals surface area contributed by atoms with Crippen LogP contribution in [0.1, 0.15) is 34.0 Å². The van der Waals surface area contributed by atoms with Gasteiger partial charge in [-0.1, -0.05) is 12.1 Å². The van der Waals surface area contributed by atoms with Gasteiger partial charge < -0.3 is 29.0 Å². The molecule has 3 rings (SSSR count). The van der Waals surface area contributed by atoms with E-state index in [0.29, 0.717) is 40.7 Å². The molecule has 0 aliphatic carbocycles. The lowest BCUT2D eigenvalue weighted by Crippen LogP contribution is -2.24. The van der Waals surface area contributed by atoms with Gasteiger partial charge in [-0.25, -0.2) is 4.79 Å². The maximum absolute atomic E-state index is 12.4. The molecule has 0 saturated carbocycles. The Kier molecular flexibility index (Phi) is 6.11. The van der Waals surface area contributed by atoms with Crippen LogP contribution in [0.2, 0.25) is 0 Å². The second-order valence-electron chi connectivity index (χ2n) is 6.33. The quantitative estimate of drug-likeness (QED) is 0.680. The molecule has 0 unspecified atom stereocenters. The summed E-state index contributed by atoms with van der Waals surface area (Å²) in [6, 6.07) is 8.81. The van der Waals surface area contributed by atoms with E-state index in [-0.39, 0.29) is 12.3 Å². The van der Waals surface area contributed by atoms with E-state index in [1.165, 1.54) is 14.2 Å². The van der Waals surface area contributed by atoms with Crippen molar-refractivity contribution in [2.24, 2.45) is 0 Å². The maximum Gasteiger partial charge on any atom is 0.343 e. The third-order valence-corrected chi connectivity index (χ3v) is 4.69. The van der Waals surface area contributed by atoms with Crippen LogP contribution in [0.3, 0.4) is 0 Å². The first kappa shape index (κ1) is 20.3. The molecular weight excluding hydrogens is 378 g/mol. The first-order chi connectivity index (χ1) is 14.0. The fourth-order valence-corrected chi connectivity index (χ4v) is 3.26. The number of nitrogens with one attached hydrogen (secondary N) is 1. The normalized spacial score (nSPS) is 14.6. The standard InChI is InChI=1S/C21H23NO7/c1-25-14-7-5-12(9-17(14)27-3)11-22-18(23)10-16-13-6-8-15(26-2)20(28-4)19(13)21(24)29-16/h5-9,16H,10-11H2,1-4H3,(H,22,23)/t16-/m1/s1. The van der Waals surface area contributed by atoms with Gasteiger partial charge >= 0.3 is 5.97 Å². The molecule has 1 N–H and O–H groups in total. The molecule has 0 aromatic heterocycles. The van der Waals surface area contributed by atoms with Gasteiger partial charge in [0, 0.05) is 12.1 Å². The maximum atomic E-state index is 12.4. The molecule has 1 amide bonds. The topological polar surface area (TPSA) is 92.3 Å². The molecule has 29 heavy (non-hydrogen) atoms. The molecule has 1 aliphatic heterocycles. The summed E-state index contributed by atoms with van der Waals surface area (Å²) in [6.07, 6.45) is -0.677. The van der Waals surface area contributed by atoms with Crippen LogP contribution in [0, 0.1) is 0 Å². The predicted molar refractivity (Wildman–Crippen MR) is 104 cm³/mol. The van der Waals surface area contributed by atoms with Crippen LogP contribution in [0.15, 0.2) is 30.3 Å². The van der Waals surface area contributed by atoms with Gasteiger partial charge in [-0.15, -0.1) is 0 Å². The average Bonchev–Trinajstić information content (AvgIpc) is 3.06. The molecule has 2 aromatic rings. The minimum Gasteiger partial charge on any atom is -0.493 e. The Morgan fingerprint density at radius 2 is 1.66 bits per heavy atom. The van der Waals surface area contributed by atoms with Crippen molar-refractivity contribution in [3.05, 3.63) is 47.0 Å². The highest BCUT2D eigenvalue weighted by Crippen LogP contribution is 2.42. The fourth-order valence-electron chi connectivity index (χ4n) is 3.26. The van der Waals surface area contributed by atoms with E-state index >= 15 is 0 Å². The third kappa shape index (κ3) is 4.06. The van der Waals surface area contributed by atoms with E-state index in [1.807, 2.05) is 6.07 Å². The van der Waals surface area contributed by atoms with Crippen molar-refractivity contribution in [2.45, 2.75) is 19.1 Å². The number of hydrogen-bond acceptors (Lipinski definition) is 7. The average molecular weight is 401 g/mol. The highest BCUT2D eigenvalue weighted by molar-refractivity contribution is 5.98. The molecule has 1 atom stereocenters. The lowest BCUT2D eigenvalue weighted by atomic mass is 10.0. The Morgan fingerprint density at radius 1 is 0.966 bits per heavy atom. The lowest BCUT2D eigenvalue weighted by molar-refractivity contribution is -0.123. The van der Waals surface area contributed by atoms with Crippen molar-refractivity contribution >= 4 is 11.9 Å². The largest absolute Gasteiger partial charge is 0.493 e. The minimum absolute atomic E-state index is 0.00150. The van der Waals surface area contributed by atoms with Gasteiger partial charge in [0.1, 0.15) is 11.7 Å². The first-order valence-corrected chi connectivity index (χ1v) is 8.95. The zero-order valence-electron chi connectivity index (χ0n) is 16.7. The zero-order valence-corrected chi connectivity index (χ0v) is 16.7. The monoisotopic (exact) mass is 401 g/mol. The molecule has 8 heteroatoms.